The lowest BCUT2D eigenvalue weighted by atomic mass is 10.0. The first-order chi connectivity index (χ1) is 11.4. The van der Waals surface area contributed by atoms with Gasteiger partial charge in [-0.15, -0.1) is 10.6 Å². The molecule has 4 heteroatoms. The lowest BCUT2D eigenvalue weighted by Gasteiger charge is -2.38. The molecule has 0 bridgehead atoms. The third kappa shape index (κ3) is 2.93. The Morgan fingerprint density at radius 2 is 1.75 bits per heavy atom. The fourth-order valence-corrected chi connectivity index (χ4v) is 4.46. The second-order valence-corrected chi connectivity index (χ2v) is 8.40. The number of hydrogen-bond acceptors (Lipinski definition) is 3. The van der Waals surface area contributed by atoms with Gasteiger partial charge in [-0.2, -0.15) is 0 Å². The van der Waals surface area contributed by atoms with Gasteiger partial charge in [-0.25, -0.2) is 4.98 Å². The minimum absolute atomic E-state index is 0.379. The first kappa shape index (κ1) is 17.0. The number of fused-ring (bicyclic) bond motifs is 1. The van der Waals surface area contributed by atoms with Crippen LogP contribution in [0.5, 0.6) is 0 Å². The molecule has 1 heterocycles. The highest BCUT2D eigenvalue weighted by Gasteiger charge is 2.27. The van der Waals surface area contributed by atoms with Crippen LogP contribution in [0.3, 0.4) is 0 Å². The van der Waals surface area contributed by atoms with Crippen LogP contribution in [-0.2, 0) is 6.42 Å². The molecule has 1 aromatic heterocycles. The van der Waals surface area contributed by atoms with Gasteiger partial charge in [0, 0.05) is 5.39 Å². The number of rotatable bonds is 4. The number of pyridine rings is 1. The zero-order valence-corrected chi connectivity index (χ0v) is 15.0. The standard InChI is InChI=1S/C20H23NO2S/c1-4-16-11-8-12-18-14(2)13-19(21-20(16)18)24(22,23)15(3)17-9-6-5-7-10-17/h5-13,15,22-23H,4H2,1-3H3. The van der Waals surface area contributed by atoms with Crippen LogP contribution >= 0.6 is 10.6 Å². The second kappa shape index (κ2) is 6.55. The molecular weight excluding hydrogens is 318 g/mol. The van der Waals surface area contributed by atoms with Crippen molar-refractivity contribution in [1.29, 1.82) is 0 Å². The predicted octanol–water partition coefficient (Wildman–Crippen LogP) is 5.98. The molecule has 0 amide bonds. The fourth-order valence-electron chi connectivity index (χ4n) is 2.98. The van der Waals surface area contributed by atoms with Crippen molar-refractivity contribution >= 4 is 21.5 Å². The molecule has 24 heavy (non-hydrogen) atoms. The molecule has 1 unspecified atom stereocenters. The molecule has 2 N–H and O–H groups in total. The van der Waals surface area contributed by atoms with Crippen LogP contribution in [0.1, 0.15) is 35.8 Å². The fraction of sp³-hybridized carbons (Fsp3) is 0.250. The predicted molar refractivity (Wildman–Crippen MR) is 102 cm³/mol. The van der Waals surface area contributed by atoms with Gasteiger partial charge < -0.3 is 0 Å². The maximum absolute atomic E-state index is 10.9. The number of nitrogens with zero attached hydrogens (tertiary/aromatic N) is 1. The van der Waals surface area contributed by atoms with Crippen LogP contribution in [0.15, 0.2) is 59.6 Å². The summed E-state index contributed by atoms with van der Waals surface area (Å²) in [6, 6.07) is 17.5. The smallest absolute Gasteiger partial charge is 0.148 e. The zero-order chi connectivity index (χ0) is 17.3. The molecule has 1 atom stereocenters. The van der Waals surface area contributed by atoms with E-state index in [0.717, 1.165) is 34.0 Å². The molecule has 0 fully saturated rings. The van der Waals surface area contributed by atoms with E-state index in [-0.39, 0.29) is 0 Å². The Kier molecular flexibility index (Phi) is 4.63. The van der Waals surface area contributed by atoms with Crippen molar-refractivity contribution < 1.29 is 9.11 Å². The number of aryl methyl sites for hydroxylation is 2. The minimum Gasteiger partial charge on any atom is -0.293 e. The lowest BCUT2D eigenvalue weighted by molar-refractivity contribution is 0.471. The van der Waals surface area contributed by atoms with E-state index >= 15 is 0 Å². The average Bonchev–Trinajstić information content (AvgIpc) is 2.61. The largest absolute Gasteiger partial charge is 0.293 e. The molecule has 2 aromatic carbocycles. The number of para-hydroxylation sites is 1. The van der Waals surface area contributed by atoms with Gasteiger partial charge in [0.05, 0.1) is 10.8 Å². The van der Waals surface area contributed by atoms with Crippen molar-refractivity contribution in [3.05, 3.63) is 71.3 Å². The Hall–Kier alpha value is -1.88. The van der Waals surface area contributed by atoms with Crippen molar-refractivity contribution in [2.45, 2.75) is 37.5 Å². The van der Waals surface area contributed by atoms with E-state index in [4.69, 9.17) is 0 Å². The second-order valence-electron chi connectivity index (χ2n) is 6.09. The van der Waals surface area contributed by atoms with Gasteiger partial charge in [0.15, 0.2) is 0 Å². The average molecular weight is 341 g/mol. The Bertz CT molecular complexity index is 862. The van der Waals surface area contributed by atoms with Crippen LogP contribution < -0.4 is 0 Å². The first-order valence-corrected chi connectivity index (χ1v) is 9.77. The normalized spacial score (nSPS) is 13.9. The number of hydrogen-bond donors (Lipinski definition) is 2. The summed E-state index contributed by atoms with van der Waals surface area (Å²) in [6.07, 6.45) is 0.862. The van der Waals surface area contributed by atoms with E-state index in [9.17, 15) is 9.11 Å². The maximum atomic E-state index is 10.9. The highest BCUT2D eigenvalue weighted by molar-refractivity contribution is 8.24. The Balaban J connectivity index is 2.14. The van der Waals surface area contributed by atoms with Gasteiger partial charge in [0.2, 0.25) is 0 Å². The van der Waals surface area contributed by atoms with Crippen LogP contribution in [0.25, 0.3) is 10.9 Å². The topological polar surface area (TPSA) is 53.4 Å². The number of benzene rings is 2. The summed E-state index contributed by atoms with van der Waals surface area (Å²) in [6.45, 7) is 5.93. The first-order valence-electron chi connectivity index (χ1n) is 8.16. The van der Waals surface area contributed by atoms with Gasteiger partial charge in [-0.05, 0) is 43.0 Å². The van der Waals surface area contributed by atoms with E-state index in [0.29, 0.717) is 5.03 Å². The Morgan fingerprint density at radius 3 is 2.42 bits per heavy atom. The molecule has 0 saturated heterocycles. The molecule has 0 radical (unpaired) electrons. The molecule has 3 rings (SSSR count). The van der Waals surface area contributed by atoms with Gasteiger partial charge in [0.25, 0.3) is 0 Å². The van der Waals surface area contributed by atoms with Crippen LogP contribution in [0, 0.1) is 6.92 Å². The highest BCUT2D eigenvalue weighted by Crippen LogP contribution is 2.59. The molecule has 0 aliphatic rings. The molecule has 0 aliphatic heterocycles. The Morgan fingerprint density at radius 1 is 1.04 bits per heavy atom. The highest BCUT2D eigenvalue weighted by atomic mass is 32.3. The monoisotopic (exact) mass is 341 g/mol. The van der Waals surface area contributed by atoms with Crippen molar-refractivity contribution in [3.8, 4) is 0 Å². The van der Waals surface area contributed by atoms with Crippen molar-refractivity contribution in [2.75, 3.05) is 0 Å². The number of aromatic nitrogens is 1. The molecular formula is C20H23NO2S. The van der Waals surface area contributed by atoms with Crippen LogP contribution in [-0.4, -0.2) is 14.1 Å². The maximum Gasteiger partial charge on any atom is 0.148 e. The molecule has 0 spiro atoms. The third-order valence-electron chi connectivity index (χ3n) is 4.56. The summed E-state index contributed by atoms with van der Waals surface area (Å²) >= 11 is 0. The molecule has 126 valence electrons. The van der Waals surface area contributed by atoms with Crippen molar-refractivity contribution in [1.82, 2.24) is 4.98 Å². The summed E-state index contributed by atoms with van der Waals surface area (Å²) < 4.78 is 21.9. The quantitative estimate of drug-likeness (QED) is 0.614. The van der Waals surface area contributed by atoms with Gasteiger partial charge in [-0.3, -0.25) is 9.11 Å². The van der Waals surface area contributed by atoms with E-state index in [1.807, 2.05) is 68.4 Å². The van der Waals surface area contributed by atoms with Crippen LogP contribution in [0.4, 0.5) is 0 Å². The van der Waals surface area contributed by atoms with Gasteiger partial charge in [-0.1, -0.05) is 55.5 Å². The van der Waals surface area contributed by atoms with E-state index in [1.165, 1.54) is 0 Å². The lowest BCUT2D eigenvalue weighted by Crippen LogP contribution is -2.10. The summed E-state index contributed by atoms with van der Waals surface area (Å²) in [5, 5.41) is 1.04. The van der Waals surface area contributed by atoms with Crippen molar-refractivity contribution in [3.63, 3.8) is 0 Å². The Labute approximate surface area is 144 Å². The molecule has 3 nitrogen and oxygen atoms in total. The summed E-state index contributed by atoms with van der Waals surface area (Å²) in [5.41, 5.74) is 3.92. The summed E-state index contributed by atoms with van der Waals surface area (Å²) in [5.74, 6) is 0. The van der Waals surface area contributed by atoms with Gasteiger partial charge in [0.1, 0.15) is 5.03 Å². The summed E-state index contributed by atoms with van der Waals surface area (Å²) in [7, 11) is -3.04. The van der Waals surface area contributed by atoms with Crippen LogP contribution in [0.2, 0.25) is 0 Å². The minimum atomic E-state index is -3.04. The van der Waals surface area contributed by atoms with E-state index in [1.54, 1.807) is 0 Å². The third-order valence-corrected chi connectivity index (χ3v) is 6.64. The van der Waals surface area contributed by atoms with Crippen molar-refractivity contribution in [2.24, 2.45) is 0 Å². The molecule has 3 aromatic rings. The van der Waals surface area contributed by atoms with E-state index in [2.05, 4.69) is 11.9 Å². The van der Waals surface area contributed by atoms with Gasteiger partial charge >= 0.3 is 0 Å². The van der Waals surface area contributed by atoms with E-state index < -0.39 is 15.8 Å². The SMILES string of the molecule is CCc1cccc2c(C)cc(S(O)(O)C(C)c3ccccc3)nc12. The molecule has 0 aliphatic carbocycles. The summed E-state index contributed by atoms with van der Waals surface area (Å²) in [4.78, 5) is 4.66. The zero-order valence-electron chi connectivity index (χ0n) is 14.2. The molecule has 0 saturated carbocycles.